The summed E-state index contributed by atoms with van der Waals surface area (Å²) in [6.07, 6.45) is -2.61. The average molecular weight is 672 g/mol. The van der Waals surface area contributed by atoms with Crippen LogP contribution < -0.4 is 4.74 Å². The van der Waals surface area contributed by atoms with E-state index in [4.69, 9.17) is 18.9 Å². The standard InChI is InChI=1S/C33H33N7O9/c1-4-46-33-34-26-11-7-10-25(32(42)48-19(2)47-31(41)22-16-27(45-3)28(17-22)49-40(43)44)29(26)39(33)18-20-12-14-21(15-13-20)23-8-5-6-9-24(23)30-35-37-38-36-30/h5-15,19,22,27-28H,4,16-18H2,1-3H3,(H,35,36,37,38)/t19?,22-,27+,28+/m1/s1. The van der Waals surface area contributed by atoms with E-state index in [1.54, 1.807) is 22.8 Å². The predicted molar refractivity (Wildman–Crippen MR) is 171 cm³/mol. The van der Waals surface area contributed by atoms with Crippen LogP contribution in [0.3, 0.4) is 0 Å². The summed E-state index contributed by atoms with van der Waals surface area (Å²) in [7, 11) is 1.38. The lowest BCUT2D eigenvalue weighted by Gasteiger charge is -2.17. The summed E-state index contributed by atoms with van der Waals surface area (Å²) < 4.78 is 23.9. The van der Waals surface area contributed by atoms with Crippen LogP contribution in [0.2, 0.25) is 0 Å². The number of fused-ring (bicyclic) bond motifs is 1. The van der Waals surface area contributed by atoms with Crippen molar-refractivity contribution in [3.8, 4) is 28.5 Å². The van der Waals surface area contributed by atoms with Gasteiger partial charge in [-0.15, -0.1) is 15.2 Å². The van der Waals surface area contributed by atoms with Crippen LogP contribution in [0.4, 0.5) is 0 Å². The first-order valence-electron chi connectivity index (χ1n) is 15.6. The van der Waals surface area contributed by atoms with Gasteiger partial charge in [0.2, 0.25) is 6.29 Å². The van der Waals surface area contributed by atoms with Gasteiger partial charge in [0.15, 0.2) is 5.82 Å². The number of nitrogens with zero attached hydrogens (tertiary/aromatic N) is 6. The van der Waals surface area contributed by atoms with Crippen molar-refractivity contribution in [3.63, 3.8) is 0 Å². The Kier molecular flexibility index (Phi) is 9.75. The molecule has 16 heteroatoms. The highest BCUT2D eigenvalue weighted by atomic mass is 17.0. The molecular weight excluding hydrogens is 638 g/mol. The maximum atomic E-state index is 13.5. The van der Waals surface area contributed by atoms with Crippen molar-refractivity contribution < 1.29 is 38.5 Å². The van der Waals surface area contributed by atoms with E-state index in [2.05, 4.69) is 30.4 Å². The number of rotatable bonds is 13. The number of esters is 2. The Morgan fingerprint density at radius 3 is 2.47 bits per heavy atom. The SMILES string of the molecule is CCOc1nc2cccc(C(=O)OC(C)OC(=O)[C@@H]3C[C@H](OC)[C@@H](O[N+](=O)[O-])C3)c2n1Cc1ccc(-c2ccccc2-c2nnn[nH]2)cc1. The first-order valence-corrected chi connectivity index (χ1v) is 15.6. The van der Waals surface area contributed by atoms with Crippen molar-refractivity contribution in [2.24, 2.45) is 5.92 Å². The second-order valence-electron chi connectivity index (χ2n) is 11.3. The highest BCUT2D eigenvalue weighted by Crippen LogP contribution is 2.33. The third-order valence-electron chi connectivity index (χ3n) is 8.22. The molecule has 254 valence electrons. The van der Waals surface area contributed by atoms with E-state index >= 15 is 0 Å². The number of H-pyrrole nitrogens is 1. The number of benzene rings is 3. The number of carbonyl (C=O) groups is 2. The van der Waals surface area contributed by atoms with Gasteiger partial charge in [-0.3, -0.25) is 9.36 Å². The van der Waals surface area contributed by atoms with Crippen LogP contribution in [0.15, 0.2) is 66.7 Å². The zero-order valence-corrected chi connectivity index (χ0v) is 26.8. The third kappa shape index (κ3) is 7.18. The number of imidazole rings is 1. The van der Waals surface area contributed by atoms with Gasteiger partial charge < -0.3 is 23.8 Å². The number of hydrogen-bond acceptors (Lipinski definition) is 13. The molecule has 3 aromatic carbocycles. The topological polar surface area (TPSA) is 196 Å². The summed E-state index contributed by atoms with van der Waals surface area (Å²) in [5.41, 5.74) is 4.88. The van der Waals surface area contributed by atoms with Crippen molar-refractivity contribution in [2.45, 2.75) is 51.7 Å². The summed E-state index contributed by atoms with van der Waals surface area (Å²) in [6, 6.07) is 21.1. The minimum Gasteiger partial charge on any atom is -0.465 e. The molecular formula is C33H33N7O9. The molecule has 1 aliphatic rings. The first-order chi connectivity index (χ1) is 23.7. The molecule has 0 bridgehead atoms. The number of carbonyl (C=O) groups excluding carboxylic acids is 2. The van der Waals surface area contributed by atoms with Crippen LogP contribution >= 0.6 is 0 Å². The van der Waals surface area contributed by atoms with Crippen LogP contribution in [0.1, 0.15) is 42.6 Å². The van der Waals surface area contributed by atoms with Crippen LogP contribution in [-0.2, 0) is 30.4 Å². The molecule has 1 aliphatic carbocycles. The summed E-state index contributed by atoms with van der Waals surface area (Å²) >= 11 is 0. The summed E-state index contributed by atoms with van der Waals surface area (Å²) in [5.74, 6) is -1.58. The molecule has 1 saturated carbocycles. The molecule has 0 aliphatic heterocycles. The Morgan fingerprint density at radius 2 is 1.78 bits per heavy atom. The van der Waals surface area contributed by atoms with Gasteiger partial charge in [-0.1, -0.05) is 54.6 Å². The molecule has 1 fully saturated rings. The summed E-state index contributed by atoms with van der Waals surface area (Å²) in [5, 5.41) is 24.2. The molecule has 49 heavy (non-hydrogen) atoms. The summed E-state index contributed by atoms with van der Waals surface area (Å²) in [4.78, 5) is 46.5. The number of aromatic nitrogens is 6. The van der Waals surface area contributed by atoms with Gasteiger partial charge in [0.1, 0.15) is 6.10 Å². The Morgan fingerprint density at radius 1 is 1.02 bits per heavy atom. The van der Waals surface area contributed by atoms with Gasteiger partial charge >= 0.3 is 11.9 Å². The Balaban J connectivity index is 1.20. The van der Waals surface area contributed by atoms with Crippen molar-refractivity contribution >= 4 is 23.0 Å². The van der Waals surface area contributed by atoms with E-state index < -0.39 is 41.4 Å². The second kappa shape index (κ2) is 14.5. The number of methoxy groups -OCH3 is 1. The van der Waals surface area contributed by atoms with E-state index in [1.165, 1.54) is 14.0 Å². The quantitative estimate of drug-likeness (QED) is 0.0802. The number of aromatic amines is 1. The van der Waals surface area contributed by atoms with Gasteiger partial charge in [-0.2, -0.15) is 4.98 Å². The lowest BCUT2D eigenvalue weighted by Crippen LogP contribution is -2.27. The normalized spacial score (nSPS) is 17.8. The number of tetrazole rings is 1. The molecule has 2 aromatic heterocycles. The molecule has 4 atom stereocenters. The van der Waals surface area contributed by atoms with Crippen molar-refractivity contribution in [1.29, 1.82) is 0 Å². The number of para-hydroxylation sites is 1. The molecule has 16 nitrogen and oxygen atoms in total. The molecule has 2 heterocycles. The Hall–Kier alpha value is -5.90. The highest BCUT2D eigenvalue weighted by Gasteiger charge is 2.42. The van der Waals surface area contributed by atoms with Gasteiger partial charge in [0.05, 0.1) is 41.8 Å². The van der Waals surface area contributed by atoms with E-state index in [-0.39, 0.29) is 18.4 Å². The minimum atomic E-state index is -1.25. The number of hydrogen-bond donors (Lipinski definition) is 1. The van der Waals surface area contributed by atoms with Crippen LogP contribution in [-0.4, -0.2) is 79.4 Å². The monoisotopic (exact) mass is 671 g/mol. The molecule has 1 N–H and O–H groups in total. The smallest absolute Gasteiger partial charge is 0.343 e. The zero-order valence-electron chi connectivity index (χ0n) is 26.8. The lowest BCUT2D eigenvalue weighted by atomic mass is 9.98. The van der Waals surface area contributed by atoms with E-state index in [0.717, 1.165) is 22.3 Å². The van der Waals surface area contributed by atoms with Gasteiger partial charge in [-0.05, 0) is 59.0 Å². The van der Waals surface area contributed by atoms with Crippen molar-refractivity contribution in [1.82, 2.24) is 30.2 Å². The lowest BCUT2D eigenvalue weighted by molar-refractivity contribution is -0.770. The first kappa shape index (κ1) is 33.0. The highest BCUT2D eigenvalue weighted by molar-refractivity contribution is 6.02. The van der Waals surface area contributed by atoms with Crippen molar-refractivity contribution in [3.05, 3.63) is 88.0 Å². The fraction of sp³-hybridized carbons (Fsp3) is 0.333. The van der Waals surface area contributed by atoms with Crippen LogP contribution in [0.5, 0.6) is 6.01 Å². The largest absolute Gasteiger partial charge is 0.465 e. The zero-order chi connectivity index (χ0) is 34.5. The van der Waals surface area contributed by atoms with Crippen LogP contribution in [0.25, 0.3) is 33.5 Å². The molecule has 5 aromatic rings. The number of nitrogens with one attached hydrogen (secondary N) is 1. The fourth-order valence-electron chi connectivity index (χ4n) is 6.02. The molecule has 1 unspecified atom stereocenters. The molecule has 0 amide bonds. The van der Waals surface area contributed by atoms with E-state index in [1.807, 2.05) is 55.5 Å². The second-order valence-corrected chi connectivity index (χ2v) is 11.3. The summed E-state index contributed by atoms with van der Waals surface area (Å²) in [6.45, 7) is 3.94. The minimum absolute atomic E-state index is 0.0319. The predicted octanol–water partition coefficient (Wildman–Crippen LogP) is 4.38. The molecule has 0 spiro atoms. The third-order valence-corrected chi connectivity index (χ3v) is 8.22. The fourth-order valence-corrected chi connectivity index (χ4v) is 6.02. The Labute approximate surface area is 279 Å². The maximum absolute atomic E-state index is 13.5. The van der Waals surface area contributed by atoms with Gasteiger partial charge in [-0.25, -0.2) is 9.89 Å². The van der Waals surface area contributed by atoms with E-state index in [0.29, 0.717) is 36.0 Å². The Bertz CT molecular complexity index is 1950. The van der Waals surface area contributed by atoms with E-state index in [9.17, 15) is 19.7 Å². The van der Waals surface area contributed by atoms with Crippen LogP contribution in [0, 0.1) is 16.0 Å². The molecule has 6 rings (SSSR count). The van der Waals surface area contributed by atoms with Gasteiger partial charge in [0, 0.05) is 19.6 Å². The van der Waals surface area contributed by atoms with Gasteiger partial charge in [0.25, 0.3) is 11.1 Å². The van der Waals surface area contributed by atoms with Crippen molar-refractivity contribution in [2.75, 3.05) is 13.7 Å². The average Bonchev–Trinajstić information content (AvgIpc) is 3.85. The maximum Gasteiger partial charge on any atom is 0.343 e. The molecule has 0 saturated heterocycles. The molecule has 0 radical (unpaired) electrons. The number of ether oxygens (including phenoxy) is 4.